The molecule has 0 saturated heterocycles. The van der Waals surface area contributed by atoms with Gasteiger partial charge in [-0.3, -0.25) is 9.59 Å². The first-order valence-electron chi connectivity index (χ1n) is 9.48. The summed E-state index contributed by atoms with van der Waals surface area (Å²) in [5, 5.41) is 7.06. The summed E-state index contributed by atoms with van der Waals surface area (Å²) < 4.78 is 0. The number of nitrogens with zero attached hydrogens (tertiary/aromatic N) is 1. The second-order valence-corrected chi connectivity index (χ2v) is 7.96. The van der Waals surface area contributed by atoms with Crippen LogP contribution in [0.1, 0.15) is 59.7 Å². The summed E-state index contributed by atoms with van der Waals surface area (Å²) >= 11 is 1.70. The monoisotopic (exact) mass is 383 g/mol. The third-order valence-electron chi connectivity index (χ3n) is 4.51. The van der Waals surface area contributed by atoms with Gasteiger partial charge in [-0.15, -0.1) is 11.8 Å². The Balaban J connectivity index is 1.71. The zero-order valence-corrected chi connectivity index (χ0v) is 16.3. The standard InChI is InChI=1S/C21H25N3O2S/c1-2-12-22-19(25)15-7-5-8-16(14-15)24-20(26)18-11-6-13-23-21(18)27-17-9-3-4-10-17/h5-8,11,13-14,17H,2-4,9-10,12H2,1H3,(H,22,25)(H,24,26). The van der Waals surface area contributed by atoms with E-state index in [1.54, 1.807) is 54.4 Å². The first kappa shape index (κ1) is 19.4. The number of anilines is 1. The molecule has 2 N–H and O–H groups in total. The van der Waals surface area contributed by atoms with E-state index in [9.17, 15) is 9.59 Å². The van der Waals surface area contributed by atoms with E-state index in [0.717, 1.165) is 11.4 Å². The molecule has 1 aliphatic carbocycles. The quantitative estimate of drug-likeness (QED) is 0.738. The Morgan fingerprint density at radius 1 is 1.15 bits per heavy atom. The van der Waals surface area contributed by atoms with E-state index < -0.39 is 0 Å². The minimum atomic E-state index is -0.199. The fourth-order valence-corrected chi connectivity index (χ4v) is 4.39. The van der Waals surface area contributed by atoms with Gasteiger partial charge in [0.1, 0.15) is 5.03 Å². The van der Waals surface area contributed by atoms with Crippen LogP contribution in [-0.4, -0.2) is 28.6 Å². The largest absolute Gasteiger partial charge is 0.352 e. The lowest BCUT2D eigenvalue weighted by Crippen LogP contribution is -2.24. The van der Waals surface area contributed by atoms with Crippen LogP contribution in [0.15, 0.2) is 47.6 Å². The van der Waals surface area contributed by atoms with Crippen LogP contribution in [0.5, 0.6) is 0 Å². The molecule has 2 amide bonds. The Morgan fingerprint density at radius 3 is 2.74 bits per heavy atom. The lowest BCUT2D eigenvalue weighted by molar-refractivity contribution is 0.0952. The molecule has 142 valence electrons. The van der Waals surface area contributed by atoms with Gasteiger partial charge >= 0.3 is 0 Å². The minimum Gasteiger partial charge on any atom is -0.352 e. The number of nitrogens with one attached hydrogen (secondary N) is 2. The molecule has 0 spiro atoms. The lowest BCUT2D eigenvalue weighted by Gasteiger charge is -2.12. The Bertz CT molecular complexity index is 804. The highest BCUT2D eigenvalue weighted by Crippen LogP contribution is 2.35. The van der Waals surface area contributed by atoms with Gasteiger partial charge in [0.25, 0.3) is 11.8 Å². The number of carbonyl (C=O) groups excluding carboxylic acids is 2. The van der Waals surface area contributed by atoms with Gasteiger partial charge in [0.2, 0.25) is 0 Å². The number of carbonyl (C=O) groups is 2. The Hall–Kier alpha value is -2.34. The molecule has 5 nitrogen and oxygen atoms in total. The van der Waals surface area contributed by atoms with Crippen molar-refractivity contribution in [2.75, 3.05) is 11.9 Å². The summed E-state index contributed by atoms with van der Waals surface area (Å²) in [5.74, 6) is -0.332. The maximum Gasteiger partial charge on any atom is 0.258 e. The van der Waals surface area contributed by atoms with Gasteiger partial charge in [0, 0.05) is 29.2 Å². The van der Waals surface area contributed by atoms with E-state index in [1.807, 2.05) is 6.92 Å². The van der Waals surface area contributed by atoms with Crippen molar-refractivity contribution < 1.29 is 9.59 Å². The van der Waals surface area contributed by atoms with Crippen molar-refractivity contribution in [2.45, 2.75) is 49.3 Å². The number of benzene rings is 1. The van der Waals surface area contributed by atoms with Crippen LogP contribution >= 0.6 is 11.8 Å². The van der Waals surface area contributed by atoms with Crippen LogP contribution in [0.25, 0.3) is 0 Å². The molecule has 0 unspecified atom stereocenters. The zero-order valence-electron chi connectivity index (χ0n) is 15.5. The summed E-state index contributed by atoms with van der Waals surface area (Å²) in [4.78, 5) is 29.3. The fraction of sp³-hybridized carbons (Fsp3) is 0.381. The topological polar surface area (TPSA) is 71.1 Å². The van der Waals surface area contributed by atoms with Crippen molar-refractivity contribution >= 4 is 29.3 Å². The van der Waals surface area contributed by atoms with E-state index in [1.165, 1.54) is 25.7 Å². The molecule has 1 aliphatic rings. The summed E-state index contributed by atoms with van der Waals surface area (Å²) in [6.45, 7) is 2.64. The number of rotatable bonds is 7. The van der Waals surface area contributed by atoms with Crippen LogP contribution in [0.3, 0.4) is 0 Å². The van der Waals surface area contributed by atoms with Crippen molar-refractivity contribution in [1.82, 2.24) is 10.3 Å². The number of amides is 2. The lowest BCUT2D eigenvalue weighted by atomic mass is 10.1. The highest BCUT2D eigenvalue weighted by Gasteiger charge is 2.21. The van der Waals surface area contributed by atoms with E-state index >= 15 is 0 Å². The van der Waals surface area contributed by atoms with Crippen molar-refractivity contribution in [3.63, 3.8) is 0 Å². The van der Waals surface area contributed by atoms with E-state index in [0.29, 0.717) is 28.6 Å². The first-order chi connectivity index (χ1) is 13.2. The normalized spacial score (nSPS) is 14.1. The molecule has 0 radical (unpaired) electrons. The number of hydrogen-bond acceptors (Lipinski definition) is 4. The summed E-state index contributed by atoms with van der Waals surface area (Å²) in [5.41, 5.74) is 1.72. The van der Waals surface area contributed by atoms with Crippen molar-refractivity contribution in [1.29, 1.82) is 0 Å². The second-order valence-electron chi connectivity index (χ2n) is 6.67. The molecular weight excluding hydrogens is 358 g/mol. The average molecular weight is 384 g/mol. The Morgan fingerprint density at radius 2 is 1.96 bits per heavy atom. The third kappa shape index (κ3) is 5.32. The van der Waals surface area contributed by atoms with Crippen LogP contribution < -0.4 is 10.6 Å². The molecule has 0 aliphatic heterocycles. The van der Waals surface area contributed by atoms with Gasteiger partial charge in [0.05, 0.1) is 5.56 Å². The van der Waals surface area contributed by atoms with Crippen LogP contribution in [0.2, 0.25) is 0 Å². The zero-order chi connectivity index (χ0) is 19.1. The molecule has 3 rings (SSSR count). The SMILES string of the molecule is CCCNC(=O)c1cccc(NC(=O)c2cccnc2SC2CCCC2)c1. The molecule has 1 fully saturated rings. The number of pyridine rings is 1. The van der Waals surface area contributed by atoms with Gasteiger partial charge in [-0.25, -0.2) is 4.98 Å². The summed E-state index contributed by atoms with van der Waals surface area (Å²) in [7, 11) is 0. The third-order valence-corrected chi connectivity index (χ3v) is 5.87. The van der Waals surface area contributed by atoms with E-state index in [4.69, 9.17) is 0 Å². The average Bonchev–Trinajstić information content (AvgIpc) is 3.19. The molecule has 27 heavy (non-hydrogen) atoms. The highest BCUT2D eigenvalue weighted by molar-refractivity contribution is 7.99. The first-order valence-corrected chi connectivity index (χ1v) is 10.4. The van der Waals surface area contributed by atoms with Gasteiger partial charge < -0.3 is 10.6 Å². The van der Waals surface area contributed by atoms with Crippen LogP contribution in [0, 0.1) is 0 Å². The summed E-state index contributed by atoms with van der Waals surface area (Å²) in [6.07, 6.45) is 7.46. The molecule has 1 aromatic carbocycles. The molecule has 6 heteroatoms. The van der Waals surface area contributed by atoms with Crippen molar-refractivity contribution in [3.8, 4) is 0 Å². The smallest absolute Gasteiger partial charge is 0.258 e. The van der Waals surface area contributed by atoms with Gasteiger partial charge in [-0.1, -0.05) is 25.8 Å². The Labute approximate surface area is 164 Å². The number of thioether (sulfide) groups is 1. The molecule has 1 saturated carbocycles. The molecule has 1 aromatic heterocycles. The molecule has 0 bridgehead atoms. The number of aromatic nitrogens is 1. The van der Waals surface area contributed by atoms with Gasteiger partial charge in [-0.05, 0) is 49.6 Å². The van der Waals surface area contributed by atoms with Crippen LogP contribution in [0.4, 0.5) is 5.69 Å². The fourth-order valence-electron chi connectivity index (χ4n) is 3.10. The minimum absolute atomic E-state index is 0.133. The maximum atomic E-state index is 12.8. The second kappa shape index (κ2) is 9.55. The maximum absolute atomic E-state index is 12.8. The predicted molar refractivity (Wildman–Crippen MR) is 109 cm³/mol. The van der Waals surface area contributed by atoms with E-state index in [2.05, 4.69) is 15.6 Å². The van der Waals surface area contributed by atoms with Gasteiger partial charge in [0.15, 0.2) is 0 Å². The molecule has 1 heterocycles. The molecule has 2 aromatic rings. The molecular formula is C21H25N3O2S. The molecule has 0 atom stereocenters. The van der Waals surface area contributed by atoms with E-state index in [-0.39, 0.29) is 11.8 Å². The summed E-state index contributed by atoms with van der Waals surface area (Å²) in [6, 6.07) is 10.6. The Kier molecular flexibility index (Phi) is 6.87. The predicted octanol–water partition coefficient (Wildman–Crippen LogP) is 4.51. The number of hydrogen-bond donors (Lipinski definition) is 2. The van der Waals surface area contributed by atoms with Crippen LogP contribution in [-0.2, 0) is 0 Å². The van der Waals surface area contributed by atoms with Crippen molar-refractivity contribution in [3.05, 3.63) is 53.7 Å². The van der Waals surface area contributed by atoms with Crippen molar-refractivity contribution in [2.24, 2.45) is 0 Å². The van der Waals surface area contributed by atoms with Gasteiger partial charge in [-0.2, -0.15) is 0 Å². The highest BCUT2D eigenvalue weighted by atomic mass is 32.2.